The first-order valence-corrected chi connectivity index (χ1v) is 5.51. The minimum Gasteiger partial charge on any atom is -0.384 e. The van der Waals surface area contributed by atoms with Crippen molar-refractivity contribution in [1.82, 2.24) is 0 Å². The van der Waals surface area contributed by atoms with E-state index in [-0.39, 0.29) is 5.82 Å². The molecular formula is C13H17FN2O. The molecule has 1 rings (SSSR count). The second-order valence-electron chi connectivity index (χ2n) is 4.18. The summed E-state index contributed by atoms with van der Waals surface area (Å²) in [5.41, 5.74) is 1.54. The number of halogens is 1. The lowest BCUT2D eigenvalue weighted by molar-refractivity contribution is 0.164. The molecule has 1 N–H and O–H groups in total. The smallest absolute Gasteiger partial charge is 0.129 e. The number of hydrogen-bond acceptors (Lipinski definition) is 3. The lowest BCUT2D eigenvalue weighted by atomic mass is 10.1. The number of benzene rings is 1. The first-order chi connectivity index (χ1) is 8.08. The maximum atomic E-state index is 13.5. The number of hydrogen-bond donors (Lipinski definition) is 1. The van der Waals surface area contributed by atoms with Crippen LogP contribution in [0.25, 0.3) is 0 Å². The van der Waals surface area contributed by atoms with Crippen LogP contribution in [0, 0.1) is 30.0 Å². The Balaban J connectivity index is 2.77. The Morgan fingerprint density at radius 3 is 2.82 bits per heavy atom. The van der Waals surface area contributed by atoms with Gasteiger partial charge in [0.05, 0.1) is 18.2 Å². The Labute approximate surface area is 101 Å². The van der Waals surface area contributed by atoms with E-state index in [4.69, 9.17) is 10.00 Å². The zero-order chi connectivity index (χ0) is 12.8. The Kier molecular flexibility index (Phi) is 4.92. The first kappa shape index (κ1) is 13.5. The molecule has 0 aromatic heterocycles. The number of rotatable bonds is 5. The molecule has 1 aromatic rings. The fraction of sp³-hybridized carbons (Fsp3) is 0.462. The Bertz CT molecular complexity index is 426. The number of nitriles is 1. The highest BCUT2D eigenvalue weighted by atomic mass is 19.1. The average Bonchev–Trinajstić information content (AvgIpc) is 2.31. The van der Waals surface area contributed by atoms with Gasteiger partial charge in [-0.2, -0.15) is 5.26 Å². The van der Waals surface area contributed by atoms with Crippen LogP contribution in [0.3, 0.4) is 0 Å². The highest BCUT2D eigenvalue weighted by Crippen LogP contribution is 2.20. The van der Waals surface area contributed by atoms with Gasteiger partial charge in [0.2, 0.25) is 0 Å². The second-order valence-corrected chi connectivity index (χ2v) is 4.18. The summed E-state index contributed by atoms with van der Waals surface area (Å²) in [7, 11) is 1.65. The lowest BCUT2D eigenvalue weighted by Crippen LogP contribution is -2.16. The first-order valence-electron chi connectivity index (χ1n) is 5.51. The van der Waals surface area contributed by atoms with Crippen molar-refractivity contribution >= 4 is 5.69 Å². The van der Waals surface area contributed by atoms with Gasteiger partial charge in [0.15, 0.2) is 0 Å². The monoisotopic (exact) mass is 236 g/mol. The van der Waals surface area contributed by atoms with Gasteiger partial charge in [-0.1, -0.05) is 6.92 Å². The van der Waals surface area contributed by atoms with Crippen molar-refractivity contribution in [1.29, 1.82) is 5.26 Å². The summed E-state index contributed by atoms with van der Waals surface area (Å²) in [6.07, 6.45) is 0. The fourth-order valence-electron chi connectivity index (χ4n) is 1.55. The molecule has 0 fully saturated rings. The minimum atomic E-state index is -0.356. The van der Waals surface area contributed by atoms with Crippen LogP contribution >= 0.6 is 0 Å². The molecule has 0 saturated carbocycles. The molecule has 4 heteroatoms. The zero-order valence-corrected chi connectivity index (χ0v) is 10.4. The molecule has 92 valence electrons. The fourth-order valence-corrected chi connectivity index (χ4v) is 1.55. The number of ether oxygens (including phenoxy) is 1. The number of anilines is 1. The molecule has 3 nitrogen and oxygen atoms in total. The van der Waals surface area contributed by atoms with Crippen LogP contribution in [0.5, 0.6) is 0 Å². The molecule has 0 spiro atoms. The summed E-state index contributed by atoms with van der Waals surface area (Å²) in [5.74, 6) is -0.0286. The topological polar surface area (TPSA) is 45.0 Å². The van der Waals surface area contributed by atoms with Crippen LogP contribution in [-0.2, 0) is 4.74 Å². The van der Waals surface area contributed by atoms with E-state index in [1.165, 1.54) is 6.07 Å². The van der Waals surface area contributed by atoms with Gasteiger partial charge in [-0.15, -0.1) is 0 Å². The minimum absolute atomic E-state index is 0.327. The predicted molar refractivity (Wildman–Crippen MR) is 65.4 cm³/mol. The van der Waals surface area contributed by atoms with Crippen LogP contribution in [0.2, 0.25) is 0 Å². The molecular weight excluding hydrogens is 219 g/mol. The maximum absolute atomic E-state index is 13.5. The van der Waals surface area contributed by atoms with Gasteiger partial charge in [-0.3, -0.25) is 0 Å². The van der Waals surface area contributed by atoms with Crippen molar-refractivity contribution in [2.75, 3.05) is 25.6 Å². The van der Waals surface area contributed by atoms with Crippen LogP contribution in [0.1, 0.15) is 18.1 Å². The molecule has 1 atom stereocenters. The molecule has 0 amide bonds. The number of methoxy groups -OCH3 is 1. The summed E-state index contributed by atoms with van der Waals surface area (Å²) in [6.45, 7) is 5.06. The SMILES string of the molecule is COCC(C)CNc1cc(C#N)cc(F)c1C. The molecule has 0 aliphatic carbocycles. The van der Waals surface area contributed by atoms with E-state index in [0.29, 0.717) is 35.9 Å². The van der Waals surface area contributed by atoms with Gasteiger partial charge in [0, 0.05) is 24.9 Å². The highest BCUT2D eigenvalue weighted by molar-refractivity contribution is 5.55. The molecule has 0 radical (unpaired) electrons. The van der Waals surface area contributed by atoms with Crippen molar-refractivity contribution in [3.63, 3.8) is 0 Å². The summed E-state index contributed by atoms with van der Waals surface area (Å²) >= 11 is 0. The molecule has 1 unspecified atom stereocenters. The Morgan fingerprint density at radius 1 is 1.53 bits per heavy atom. The summed E-state index contributed by atoms with van der Waals surface area (Å²) in [5, 5.41) is 11.9. The van der Waals surface area contributed by atoms with E-state index >= 15 is 0 Å². The van der Waals surface area contributed by atoms with E-state index in [9.17, 15) is 4.39 Å². The summed E-state index contributed by atoms with van der Waals surface area (Å²) in [6, 6.07) is 4.86. The van der Waals surface area contributed by atoms with Crippen LogP contribution < -0.4 is 5.32 Å². The largest absolute Gasteiger partial charge is 0.384 e. The van der Waals surface area contributed by atoms with Crippen LogP contribution in [-0.4, -0.2) is 20.3 Å². The predicted octanol–water partition coefficient (Wildman–Crippen LogP) is 2.70. The van der Waals surface area contributed by atoms with Crippen molar-refractivity contribution < 1.29 is 9.13 Å². The van der Waals surface area contributed by atoms with E-state index < -0.39 is 0 Å². The summed E-state index contributed by atoms with van der Waals surface area (Å²) in [4.78, 5) is 0. The quantitative estimate of drug-likeness (QED) is 0.855. The third kappa shape index (κ3) is 3.72. The zero-order valence-electron chi connectivity index (χ0n) is 10.4. The molecule has 0 saturated heterocycles. The average molecular weight is 236 g/mol. The van der Waals surface area contributed by atoms with E-state index in [2.05, 4.69) is 5.32 Å². The third-order valence-corrected chi connectivity index (χ3v) is 2.57. The standard InChI is InChI=1S/C13H17FN2O/c1-9(8-17-3)7-16-13-5-11(6-15)4-12(14)10(13)2/h4-5,9,16H,7-8H2,1-3H3. The van der Waals surface area contributed by atoms with Gasteiger partial charge in [-0.25, -0.2) is 4.39 Å². The van der Waals surface area contributed by atoms with Crippen molar-refractivity contribution in [2.24, 2.45) is 5.92 Å². The van der Waals surface area contributed by atoms with Gasteiger partial charge in [0.1, 0.15) is 5.82 Å². The van der Waals surface area contributed by atoms with Crippen LogP contribution in [0.15, 0.2) is 12.1 Å². The Hall–Kier alpha value is -1.60. The van der Waals surface area contributed by atoms with Gasteiger partial charge < -0.3 is 10.1 Å². The van der Waals surface area contributed by atoms with E-state index in [1.807, 2.05) is 13.0 Å². The molecule has 0 aliphatic heterocycles. The molecule has 0 heterocycles. The maximum Gasteiger partial charge on any atom is 0.129 e. The highest BCUT2D eigenvalue weighted by Gasteiger charge is 2.08. The van der Waals surface area contributed by atoms with Crippen molar-refractivity contribution in [3.8, 4) is 6.07 Å². The third-order valence-electron chi connectivity index (χ3n) is 2.57. The van der Waals surface area contributed by atoms with Gasteiger partial charge in [0.25, 0.3) is 0 Å². The second kappa shape index (κ2) is 6.21. The van der Waals surface area contributed by atoms with Crippen molar-refractivity contribution in [3.05, 3.63) is 29.1 Å². The molecule has 0 aliphatic rings. The number of nitrogens with one attached hydrogen (secondary N) is 1. The molecule has 0 bridgehead atoms. The van der Waals surface area contributed by atoms with E-state index in [1.54, 1.807) is 20.1 Å². The molecule has 17 heavy (non-hydrogen) atoms. The lowest BCUT2D eigenvalue weighted by Gasteiger charge is -2.14. The summed E-state index contributed by atoms with van der Waals surface area (Å²) < 4.78 is 18.5. The Morgan fingerprint density at radius 2 is 2.24 bits per heavy atom. The number of nitrogens with zero attached hydrogens (tertiary/aromatic N) is 1. The van der Waals surface area contributed by atoms with Crippen LogP contribution in [0.4, 0.5) is 10.1 Å². The van der Waals surface area contributed by atoms with Gasteiger partial charge >= 0.3 is 0 Å². The molecule has 1 aromatic carbocycles. The normalized spacial score (nSPS) is 11.9. The van der Waals surface area contributed by atoms with E-state index in [0.717, 1.165) is 0 Å². The van der Waals surface area contributed by atoms with Gasteiger partial charge in [-0.05, 0) is 25.0 Å². The van der Waals surface area contributed by atoms with Crippen molar-refractivity contribution in [2.45, 2.75) is 13.8 Å².